The molecule has 0 aliphatic rings. The predicted molar refractivity (Wildman–Crippen MR) is 91.5 cm³/mol. The molecule has 0 saturated heterocycles. The van der Waals surface area contributed by atoms with E-state index in [0.29, 0.717) is 0 Å². The predicted octanol–water partition coefficient (Wildman–Crippen LogP) is 4.39. The summed E-state index contributed by atoms with van der Waals surface area (Å²) in [6.45, 7) is 3.39. The van der Waals surface area contributed by atoms with E-state index in [1.54, 1.807) is 0 Å². The minimum atomic E-state index is 1.07. The first-order valence-corrected chi connectivity index (χ1v) is 8.48. The zero-order chi connectivity index (χ0) is 15.2. The number of aliphatic imine (C=N–C) groups is 1. The molecule has 0 spiro atoms. The van der Waals surface area contributed by atoms with Crippen LogP contribution in [0.1, 0.15) is 71.1 Å². The van der Waals surface area contributed by atoms with Crippen LogP contribution in [0.15, 0.2) is 4.99 Å². The van der Waals surface area contributed by atoms with Gasteiger partial charge < -0.3 is 9.80 Å². The number of hydrogen-bond acceptors (Lipinski definition) is 1. The van der Waals surface area contributed by atoms with Crippen LogP contribution in [0.4, 0.5) is 0 Å². The van der Waals surface area contributed by atoms with Crippen molar-refractivity contribution < 1.29 is 0 Å². The van der Waals surface area contributed by atoms with Crippen LogP contribution >= 0.6 is 0 Å². The molecule has 20 heavy (non-hydrogen) atoms. The summed E-state index contributed by atoms with van der Waals surface area (Å²) in [6.07, 6.45) is 13.9. The van der Waals surface area contributed by atoms with Crippen molar-refractivity contribution in [3.63, 3.8) is 0 Å². The van der Waals surface area contributed by atoms with Crippen LogP contribution in [0.5, 0.6) is 0 Å². The fourth-order valence-electron chi connectivity index (χ4n) is 2.65. The molecule has 0 aromatic heterocycles. The van der Waals surface area contributed by atoms with E-state index in [4.69, 9.17) is 0 Å². The molecule has 0 aromatic carbocycles. The molecular weight excluding hydrogens is 246 g/mol. The Bertz CT molecular complexity index is 236. The third-order valence-electron chi connectivity index (χ3n) is 3.79. The van der Waals surface area contributed by atoms with Crippen LogP contribution in [-0.4, -0.2) is 50.5 Å². The second kappa shape index (κ2) is 13.3. The zero-order valence-corrected chi connectivity index (χ0v) is 14.6. The standard InChI is InChI=1S/C17H37N3/c1-6-7-8-9-10-11-12-13-14-15-16-20(5)17(18-2)19(3)4/h6-16H2,1-5H3/b18-17+. The Balaban J connectivity index is 3.40. The smallest absolute Gasteiger partial charge is 0.195 e. The van der Waals surface area contributed by atoms with E-state index >= 15 is 0 Å². The Morgan fingerprint density at radius 1 is 0.750 bits per heavy atom. The topological polar surface area (TPSA) is 18.8 Å². The zero-order valence-electron chi connectivity index (χ0n) is 14.6. The first-order chi connectivity index (χ1) is 9.63. The summed E-state index contributed by atoms with van der Waals surface area (Å²) < 4.78 is 0. The lowest BCUT2D eigenvalue weighted by Crippen LogP contribution is -2.38. The van der Waals surface area contributed by atoms with Gasteiger partial charge in [0.05, 0.1) is 0 Å². The largest absolute Gasteiger partial charge is 0.349 e. The van der Waals surface area contributed by atoms with Crippen molar-refractivity contribution in [1.29, 1.82) is 0 Å². The van der Waals surface area contributed by atoms with Crippen LogP contribution in [0, 0.1) is 0 Å². The van der Waals surface area contributed by atoms with E-state index in [0.717, 1.165) is 12.5 Å². The Hall–Kier alpha value is -0.730. The molecular formula is C17H37N3. The number of hydrogen-bond donors (Lipinski definition) is 0. The summed E-state index contributed by atoms with van der Waals surface area (Å²) >= 11 is 0. The highest BCUT2D eigenvalue weighted by Crippen LogP contribution is 2.10. The van der Waals surface area contributed by atoms with Gasteiger partial charge in [0.2, 0.25) is 0 Å². The fourth-order valence-corrected chi connectivity index (χ4v) is 2.65. The number of guanidine groups is 1. The molecule has 0 N–H and O–H groups in total. The highest BCUT2D eigenvalue weighted by Gasteiger charge is 2.06. The number of rotatable bonds is 11. The quantitative estimate of drug-likeness (QED) is 0.318. The van der Waals surface area contributed by atoms with Gasteiger partial charge in [-0.1, -0.05) is 64.7 Å². The monoisotopic (exact) mass is 283 g/mol. The Labute approximate surface area is 127 Å². The average molecular weight is 284 g/mol. The molecule has 0 heterocycles. The van der Waals surface area contributed by atoms with Gasteiger partial charge in [-0.2, -0.15) is 0 Å². The van der Waals surface area contributed by atoms with E-state index in [9.17, 15) is 0 Å². The lowest BCUT2D eigenvalue weighted by Gasteiger charge is -2.26. The molecule has 0 bridgehead atoms. The van der Waals surface area contributed by atoms with Gasteiger partial charge in [-0.15, -0.1) is 0 Å². The van der Waals surface area contributed by atoms with E-state index in [1.165, 1.54) is 64.2 Å². The maximum atomic E-state index is 4.32. The normalized spacial score (nSPS) is 11.8. The average Bonchev–Trinajstić information content (AvgIpc) is 2.41. The molecule has 0 aliphatic heterocycles. The highest BCUT2D eigenvalue weighted by molar-refractivity contribution is 5.79. The minimum absolute atomic E-state index is 1.07. The molecule has 0 atom stereocenters. The molecule has 0 aliphatic carbocycles. The van der Waals surface area contributed by atoms with Crippen molar-refractivity contribution in [3.8, 4) is 0 Å². The second-order valence-corrected chi connectivity index (χ2v) is 6.02. The maximum absolute atomic E-state index is 4.32. The third kappa shape index (κ3) is 10.1. The lowest BCUT2D eigenvalue weighted by molar-refractivity contribution is 0.406. The molecule has 0 fully saturated rings. The molecule has 120 valence electrons. The summed E-state index contributed by atoms with van der Waals surface area (Å²) in [6, 6.07) is 0. The van der Waals surface area contributed by atoms with Crippen LogP contribution in [0.3, 0.4) is 0 Å². The van der Waals surface area contributed by atoms with Crippen molar-refractivity contribution in [2.45, 2.75) is 71.1 Å². The lowest BCUT2D eigenvalue weighted by atomic mass is 10.1. The second-order valence-electron chi connectivity index (χ2n) is 6.02. The Kier molecular flexibility index (Phi) is 12.8. The first kappa shape index (κ1) is 19.3. The van der Waals surface area contributed by atoms with E-state index < -0.39 is 0 Å². The SMILES string of the molecule is CCCCCCCCCCCCN(C)/C(=N/C)N(C)C. The van der Waals surface area contributed by atoms with E-state index in [1.807, 2.05) is 7.05 Å². The van der Waals surface area contributed by atoms with Crippen molar-refractivity contribution in [1.82, 2.24) is 9.80 Å². The summed E-state index contributed by atoms with van der Waals surface area (Å²) in [5, 5.41) is 0. The molecule has 0 aromatic rings. The molecule has 3 heteroatoms. The van der Waals surface area contributed by atoms with E-state index in [2.05, 4.69) is 42.9 Å². The van der Waals surface area contributed by atoms with Gasteiger partial charge >= 0.3 is 0 Å². The van der Waals surface area contributed by atoms with Crippen molar-refractivity contribution in [2.24, 2.45) is 4.99 Å². The first-order valence-electron chi connectivity index (χ1n) is 8.48. The molecule has 0 saturated carbocycles. The van der Waals surface area contributed by atoms with Gasteiger partial charge in [0.1, 0.15) is 0 Å². The Morgan fingerprint density at radius 3 is 1.60 bits per heavy atom. The fraction of sp³-hybridized carbons (Fsp3) is 0.941. The minimum Gasteiger partial charge on any atom is -0.349 e. The van der Waals surface area contributed by atoms with Gasteiger partial charge in [0.15, 0.2) is 5.96 Å². The van der Waals surface area contributed by atoms with Crippen LogP contribution in [-0.2, 0) is 0 Å². The van der Waals surface area contributed by atoms with Crippen molar-refractivity contribution >= 4 is 5.96 Å². The summed E-state index contributed by atoms with van der Waals surface area (Å²) in [5.74, 6) is 1.07. The van der Waals surface area contributed by atoms with Gasteiger partial charge in [-0.05, 0) is 6.42 Å². The summed E-state index contributed by atoms with van der Waals surface area (Å²) in [5.41, 5.74) is 0. The molecule has 0 radical (unpaired) electrons. The molecule has 0 amide bonds. The third-order valence-corrected chi connectivity index (χ3v) is 3.79. The molecule has 0 rings (SSSR count). The van der Waals surface area contributed by atoms with Gasteiger partial charge in [-0.3, -0.25) is 4.99 Å². The molecule has 0 unspecified atom stereocenters. The van der Waals surface area contributed by atoms with Gasteiger partial charge in [0.25, 0.3) is 0 Å². The van der Waals surface area contributed by atoms with Crippen LogP contribution < -0.4 is 0 Å². The van der Waals surface area contributed by atoms with Crippen molar-refractivity contribution in [3.05, 3.63) is 0 Å². The van der Waals surface area contributed by atoms with Gasteiger partial charge in [0, 0.05) is 34.7 Å². The number of unbranched alkanes of at least 4 members (excludes halogenated alkanes) is 9. The van der Waals surface area contributed by atoms with E-state index in [-0.39, 0.29) is 0 Å². The van der Waals surface area contributed by atoms with Crippen LogP contribution in [0.25, 0.3) is 0 Å². The number of nitrogens with zero attached hydrogens (tertiary/aromatic N) is 3. The maximum Gasteiger partial charge on any atom is 0.195 e. The summed E-state index contributed by atoms with van der Waals surface area (Å²) in [4.78, 5) is 8.65. The van der Waals surface area contributed by atoms with Gasteiger partial charge in [-0.25, -0.2) is 0 Å². The van der Waals surface area contributed by atoms with Crippen LogP contribution in [0.2, 0.25) is 0 Å². The highest BCUT2D eigenvalue weighted by atomic mass is 15.3. The summed E-state index contributed by atoms with van der Waals surface area (Å²) in [7, 11) is 8.11. The van der Waals surface area contributed by atoms with Crippen molar-refractivity contribution in [2.75, 3.05) is 34.7 Å². The Morgan fingerprint density at radius 2 is 1.20 bits per heavy atom. The molecule has 3 nitrogen and oxygen atoms in total.